The van der Waals surface area contributed by atoms with Gasteiger partial charge in [-0.05, 0) is 13.8 Å². The number of nitrogens with zero attached hydrogens (tertiary/aromatic N) is 2. The molecule has 0 aromatic carbocycles. The van der Waals surface area contributed by atoms with Crippen LogP contribution in [0.25, 0.3) is 0 Å². The van der Waals surface area contributed by atoms with Crippen molar-refractivity contribution in [3.63, 3.8) is 0 Å². The van der Waals surface area contributed by atoms with Crippen LogP contribution < -0.4 is 5.32 Å². The van der Waals surface area contributed by atoms with Gasteiger partial charge in [0.2, 0.25) is 5.91 Å². The van der Waals surface area contributed by atoms with Gasteiger partial charge < -0.3 is 20.2 Å². The number of hydrogen-bond acceptors (Lipinski definition) is 3. The second-order valence-corrected chi connectivity index (χ2v) is 5.34. The van der Waals surface area contributed by atoms with E-state index in [-0.39, 0.29) is 18.5 Å². The summed E-state index contributed by atoms with van der Waals surface area (Å²) < 4.78 is 0. The molecule has 1 heterocycles. The van der Waals surface area contributed by atoms with Crippen molar-refractivity contribution < 1.29 is 19.5 Å². The summed E-state index contributed by atoms with van der Waals surface area (Å²) in [6.07, 6.45) is 0. The molecule has 0 spiro atoms. The van der Waals surface area contributed by atoms with Crippen molar-refractivity contribution in [2.45, 2.75) is 20.8 Å². The van der Waals surface area contributed by atoms with Crippen LogP contribution in [-0.2, 0) is 9.59 Å². The largest absolute Gasteiger partial charge is 0.481 e. The van der Waals surface area contributed by atoms with Crippen LogP contribution in [0.5, 0.6) is 0 Å². The zero-order valence-electron chi connectivity index (χ0n) is 11.6. The molecule has 1 saturated heterocycles. The van der Waals surface area contributed by atoms with Gasteiger partial charge in [-0.3, -0.25) is 9.59 Å². The fourth-order valence-electron chi connectivity index (χ4n) is 1.71. The molecule has 0 bridgehead atoms. The number of rotatable bonds is 3. The number of amides is 3. The quantitative estimate of drug-likeness (QED) is 0.754. The predicted molar refractivity (Wildman–Crippen MR) is 68.6 cm³/mol. The number of carbonyl (C=O) groups is 3. The fourth-order valence-corrected chi connectivity index (χ4v) is 1.71. The van der Waals surface area contributed by atoms with Gasteiger partial charge in [0, 0.05) is 39.6 Å². The minimum absolute atomic E-state index is 0.00655. The van der Waals surface area contributed by atoms with Gasteiger partial charge in [0.15, 0.2) is 0 Å². The smallest absolute Gasteiger partial charge is 0.317 e. The molecule has 1 aliphatic rings. The molecular formula is C12H21N3O4. The Balaban J connectivity index is 2.40. The maximum atomic E-state index is 11.9. The summed E-state index contributed by atoms with van der Waals surface area (Å²) in [5.74, 6) is -0.943. The van der Waals surface area contributed by atoms with Crippen molar-refractivity contribution in [3.8, 4) is 0 Å². The summed E-state index contributed by atoms with van der Waals surface area (Å²) >= 11 is 0. The number of aliphatic carboxylic acids is 1. The maximum absolute atomic E-state index is 11.9. The number of carbonyl (C=O) groups excluding carboxylic acids is 2. The second-order valence-electron chi connectivity index (χ2n) is 5.34. The molecule has 0 unspecified atom stereocenters. The van der Waals surface area contributed by atoms with Gasteiger partial charge >= 0.3 is 12.0 Å². The highest BCUT2D eigenvalue weighted by molar-refractivity contribution is 5.78. The highest BCUT2D eigenvalue weighted by Gasteiger charge is 2.29. The highest BCUT2D eigenvalue weighted by Crippen LogP contribution is 2.13. The molecule has 3 amide bonds. The molecule has 0 aromatic rings. The Kier molecular flexibility index (Phi) is 4.74. The molecule has 0 aromatic heterocycles. The van der Waals surface area contributed by atoms with Gasteiger partial charge in [-0.15, -0.1) is 0 Å². The lowest BCUT2D eigenvalue weighted by Gasteiger charge is -2.34. The summed E-state index contributed by atoms with van der Waals surface area (Å²) in [6, 6.07) is -0.280. The van der Waals surface area contributed by atoms with E-state index in [4.69, 9.17) is 5.11 Å². The lowest BCUT2D eigenvalue weighted by atomic mass is 9.94. The average molecular weight is 271 g/mol. The molecule has 1 rings (SSSR count). The summed E-state index contributed by atoms with van der Waals surface area (Å²) in [5, 5.41) is 11.6. The van der Waals surface area contributed by atoms with Crippen LogP contribution in [0, 0.1) is 5.41 Å². The van der Waals surface area contributed by atoms with Crippen LogP contribution >= 0.6 is 0 Å². The Morgan fingerprint density at radius 3 is 2.00 bits per heavy atom. The molecule has 0 saturated carbocycles. The molecule has 19 heavy (non-hydrogen) atoms. The van der Waals surface area contributed by atoms with Gasteiger partial charge in [-0.25, -0.2) is 4.79 Å². The number of carboxylic acid groups (broad SMARTS) is 1. The Labute approximate surface area is 112 Å². The minimum Gasteiger partial charge on any atom is -0.481 e. The third-order valence-electron chi connectivity index (χ3n) is 3.27. The minimum atomic E-state index is -0.989. The second kappa shape index (κ2) is 5.90. The maximum Gasteiger partial charge on any atom is 0.317 e. The molecular weight excluding hydrogens is 250 g/mol. The lowest BCUT2D eigenvalue weighted by molar-refractivity contribution is -0.146. The van der Waals surface area contributed by atoms with Gasteiger partial charge in [0.05, 0.1) is 5.41 Å². The van der Waals surface area contributed by atoms with Crippen molar-refractivity contribution in [3.05, 3.63) is 0 Å². The summed E-state index contributed by atoms with van der Waals surface area (Å²) in [4.78, 5) is 37.2. The van der Waals surface area contributed by atoms with E-state index in [1.807, 2.05) is 0 Å². The SMILES string of the molecule is CC(=O)N1CCN(C(=O)NCC(C)(C)C(=O)O)CC1. The van der Waals surface area contributed by atoms with Crippen LogP contribution in [0.1, 0.15) is 20.8 Å². The standard InChI is InChI=1S/C12H21N3O4/c1-9(16)14-4-6-15(7-5-14)11(19)13-8-12(2,3)10(17)18/h4-8H2,1-3H3,(H,13,19)(H,17,18). The fraction of sp³-hybridized carbons (Fsp3) is 0.750. The van der Waals surface area contributed by atoms with Crippen molar-refractivity contribution in [1.29, 1.82) is 0 Å². The topological polar surface area (TPSA) is 90.0 Å². The predicted octanol–water partition coefficient (Wildman–Crippen LogP) is -0.0291. The molecule has 7 nitrogen and oxygen atoms in total. The first-order chi connectivity index (χ1) is 8.74. The van der Waals surface area contributed by atoms with Crippen molar-refractivity contribution in [2.24, 2.45) is 5.41 Å². The lowest BCUT2D eigenvalue weighted by Crippen LogP contribution is -2.54. The van der Waals surface area contributed by atoms with E-state index in [9.17, 15) is 14.4 Å². The van der Waals surface area contributed by atoms with Crippen molar-refractivity contribution >= 4 is 17.9 Å². The Morgan fingerprint density at radius 1 is 1.11 bits per heavy atom. The zero-order chi connectivity index (χ0) is 14.6. The number of piperazine rings is 1. The van der Waals surface area contributed by atoms with E-state index in [0.717, 1.165) is 0 Å². The van der Waals surface area contributed by atoms with E-state index < -0.39 is 11.4 Å². The first-order valence-electron chi connectivity index (χ1n) is 6.26. The zero-order valence-corrected chi connectivity index (χ0v) is 11.6. The van der Waals surface area contributed by atoms with Crippen LogP contribution in [0.15, 0.2) is 0 Å². The van der Waals surface area contributed by atoms with Crippen molar-refractivity contribution in [2.75, 3.05) is 32.7 Å². The molecule has 0 aliphatic carbocycles. The molecule has 2 N–H and O–H groups in total. The normalized spacial score (nSPS) is 16.2. The van der Waals surface area contributed by atoms with Crippen molar-refractivity contribution in [1.82, 2.24) is 15.1 Å². The summed E-state index contributed by atoms with van der Waals surface area (Å²) in [7, 11) is 0. The van der Waals surface area contributed by atoms with Crippen LogP contribution in [0.3, 0.4) is 0 Å². The van der Waals surface area contributed by atoms with Gasteiger partial charge in [0.1, 0.15) is 0 Å². The third kappa shape index (κ3) is 4.11. The molecule has 1 aliphatic heterocycles. The average Bonchev–Trinajstić information content (AvgIpc) is 2.36. The molecule has 0 atom stereocenters. The first kappa shape index (κ1) is 15.3. The molecule has 108 valence electrons. The van der Waals surface area contributed by atoms with E-state index in [1.54, 1.807) is 23.6 Å². The van der Waals surface area contributed by atoms with Gasteiger partial charge in [0.25, 0.3) is 0 Å². The van der Waals surface area contributed by atoms with Gasteiger partial charge in [-0.1, -0.05) is 0 Å². The highest BCUT2D eigenvalue weighted by atomic mass is 16.4. The van der Waals surface area contributed by atoms with E-state index in [1.165, 1.54) is 6.92 Å². The van der Waals surface area contributed by atoms with Crippen LogP contribution in [0.4, 0.5) is 4.79 Å². The molecule has 0 radical (unpaired) electrons. The van der Waals surface area contributed by atoms with Crippen LogP contribution in [-0.4, -0.2) is 65.5 Å². The van der Waals surface area contributed by atoms with E-state index in [0.29, 0.717) is 26.2 Å². The van der Waals surface area contributed by atoms with E-state index in [2.05, 4.69) is 5.32 Å². The summed E-state index contributed by atoms with van der Waals surface area (Å²) in [6.45, 7) is 6.68. The Morgan fingerprint density at radius 2 is 1.58 bits per heavy atom. The third-order valence-corrected chi connectivity index (χ3v) is 3.27. The molecule has 1 fully saturated rings. The summed E-state index contributed by atoms with van der Waals surface area (Å²) in [5.41, 5.74) is -0.989. The number of nitrogens with one attached hydrogen (secondary N) is 1. The van der Waals surface area contributed by atoms with E-state index >= 15 is 0 Å². The number of carboxylic acids is 1. The van der Waals surface area contributed by atoms with Crippen LogP contribution in [0.2, 0.25) is 0 Å². The van der Waals surface area contributed by atoms with Gasteiger partial charge in [-0.2, -0.15) is 0 Å². The first-order valence-corrected chi connectivity index (χ1v) is 6.26. The number of hydrogen-bond donors (Lipinski definition) is 2. The number of urea groups is 1. The Bertz CT molecular complexity index is 373. The Hall–Kier alpha value is -1.79. The molecule has 7 heteroatoms. The monoisotopic (exact) mass is 271 g/mol.